The molecule has 1 aromatic heterocycles. The van der Waals surface area contributed by atoms with E-state index in [0.29, 0.717) is 0 Å². The molecular formula is C20H23N3O2. The third-order valence-corrected chi connectivity index (χ3v) is 4.23. The molecule has 5 heteroatoms. The molecule has 5 nitrogen and oxygen atoms in total. The predicted molar refractivity (Wildman–Crippen MR) is 98.5 cm³/mol. The Morgan fingerprint density at radius 3 is 2.60 bits per heavy atom. The lowest BCUT2D eigenvalue weighted by molar-refractivity contribution is -0.121. The van der Waals surface area contributed by atoms with Crippen molar-refractivity contribution in [2.24, 2.45) is 5.92 Å². The number of nitrogens with zero attached hydrogens (tertiary/aromatic N) is 1. The van der Waals surface area contributed by atoms with Gasteiger partial charge in [-0.15, -0.1) is 0 Å². The number of aromatic nitrogens is 2. The van der Waals surface area contributed by atoms with Crippen molar-refractivity contribution in [3.63, 3.8) is 0 Å². The second kappa shape index (κ2) is 7.38. The Morgan fingerprint density at radius 1 is 1.16 bits per heavy atom. The molecule has 0 bridgehead atoms. The molecule has 1 heterocycles. The molecule has 0 fully saturated rings. The van der Waals surface area contributed by atoms with Gasteiger partial charge in [-0.2, -0.15) is 0 Å². The Balaban J connectivity index is 1.78. The molecule has 25 heavy (non-hydrogen) atoms. The summed E-state index contributed by atoms with van der Waals surface area (Å²) in [5, 5.41) is 3.11. The first-order valence-electron chi connectivity index (χ1n) is 8.44. The zero-order chi connectivity index (χ0) is 17.8. The fourth-order valence-electron chi connectivity index (χ4n) is 2.92. The third kappa shape index (κ3) is 3.82. The third-order valence-electron chi connectivity index (χ3n) is 4.23. The number of imidazole rings is 1. The van der Waals surface area contributed by atoms with Crippen molar-refractivity contribution in [2.45, 2.75) is 26.3 Å². The van der Waals surface area contributed by atoms with Crippen LogP contribution in [0.25, 0.3) is 11.0 Å². The van der Waals surface area contributed by atoms with Crippen LogP contribution in [0.15, 0.2) is 48.5 Å². The van der Waals surface area contributed by atoms with Crippen molar-refractivity contribution >= 4 is 16.9 Å². The van der Waals surface area contributed by atoms with Crippen molar-refractivity contribution in [3.05, 3.63) is 59.9 Å². The van der Waals surface area contributed by atoms with E-state index in [2.05, 4.69) is 29.1 Å². The Morgan fingerprint density at radius 2 is 1.88 bits per heavy atom. The summed E-state index contributed by atoms with van der Waals surface area (Å²) in [6.45, 7) is 4.14. The number of aromatic amines is 1. The first-order valence-corrected chi connectivity index (χ1v) is 8.44. The van der Waals surface area contributed by atoms with Crippen LogP contribution in [0, 0.1) is 5.92 Å². The predicted octanol–water partition coefficient (Wildman–Crippen LogP) is 3.63. The fraction of sp³-hybridized carbons (Fsp3) is 0.300. The molecule has 1 amide bonds. The summed E-state index contributed by atoms with van der Waals surface area (Å²) >= 11 is 0. The Hall–Kier alpha value is -2.82. The van der Waals surface area contributed by atoms with Gasteiger partial charge in [0, 0.05) is 5.56 Å². The number of nitrogens with one attached hydrogen (secondary N) is 2. The highest BCUT2D eigenvalue weighted by Crippen LogP contribution is 2.23. The zero-order valence-electron chi connectivity index (χ0n) is 14.7. The highest BCUT2D eigenvalue weighted by Gasteiger charge is 2.22. The summed E-state index contributed by atoms with van der Waals surface area (Å²) in [4.78, 5) is 20.5. The molecule has 3 rings (SSSR count). The number of H-pyrrole nitrogens is 1. The lowest BCUT2D eigenvalue weighted by atomic mass is 10.0. The largest absolute Gasteiger partial charge is 0.496 e. The number of amides is 1. The summed E-state index contributed by atoms with van der Waals surface area (Å²) in [5.74, 6) is 1.66. The van der Waals surface area contributed by atoms with Crippen LogP contribution in [0.4, 0.5) is 0 Å². The minimum atomic E-state index is -0.172. The summed E-state index contributed by atoms with van der Waals surface area (Å²) in [6, 6.07) is 15.3. The highest BCUT2D eigenvalue weighted by atomic mass is 16.5. The molecule has 2 N–H and O–H groups in total. The van der Waals surface area contributed by atoms with E-state index in [1.165, 1.54) is 0 Å². The number of hydrogen-bond acceptors (Lipinski definition) is 3. The molecule has 1 atom stereocenters. The standard InChI is InChI=1S/C20H23N3O2/c1-13(2)19(20-21-15-9-5-6-10-16(15)22-20)23-18(24)12-14-8-4-7-11-17(14)25-3/h4-11,13,19H,12H2,1-3H3,(H,21,22)(H,23,24)/t19-/m0/s1. The SMILES string of the molecule is COc1ccccc1CC(=O)N[C@H](c1nc2ccccc2[nH]1)C(C)C. The van der Waals surface area contributed by atoms with Gasteiger partial charge in [-0.1, -0.05) is 44.2 Å². The second-order valence-corrected chi connectivity index (χ2v) is 6.42. The van der Waals surface area contributed by atoms with E-state index in [4.69, 9.17) is 4.74 Å². The van der Waals surface area contributed by atoms with Crippen LogP contribution in [0.1, 0.15) is 31.3 Å². The number of carbonyl (C=O) groups excluding carboxylic acids is 1. The van der Waals surface area contributed by atoms with E-state index in [9.17, 15) is 4.79 Å². The van der Waals surface area contributed by atoms with Crippen molar-refractivity contribution in [1.82, 2.24) is 15.3 Å². The molecular weight excluding hydrogens is 314 g/mol. The summed E-state index contributed by atoms with van der Waals surface area (Å²) in [7, 11) is 1.61. The first-order chi connectivity index (χ1) is 12.1. The number of methoxy groups -OCH3 is 1. The number of hydrogen-bond donors (Lipinski definition) is 2. The molecule has 2 aromatic carbocycles. The Labute approximate surface area is 147 Å². The zero-order valence-corrected chi connectivity index (χ0v) is 14.7. The number of carbonyl (C=O) groups is 1. The van der Waals surface area contributed by atoms with Crippen LogP contribution in [0.2, 0.25) is 0 Å². The Kier molecular flexibility index (Phi) is 5.03. The number of fused-ring (bicyclic) bond motifs is 1. The van der Waals surface area contributed by atoms with Crippen molar-refractivity contribution < 1.29 is 9.53 Å². The van der Waals surface area contributed by atoms with Gasteiger partial charge in [0.15, 0.2) is 0 Å². The molecule has 0 aliphatic rings. The van der Waals surface area contributed by atoms with Gasteiger partial charge in [0.2, 0.25) is 5.91 Å². The van der Waals surface area contributed by atoms with E-state index in [-0.39, 0.29) is 24.3 Å². The summed E-state index contributed by atoms with van der Waals surface area (Å²) in [6.07, 6.45) is 0.271. The Bertz CT molecular complexity index is 837. The van der Waals surface area contributed by atoms with E-state index < -0.39 is 0 Å². The highest BCUT2D eigenvalue weighted by molar-refractivity contribution is 5.80. The van der Waals surface area contributed by atoms with E-state index in [1.54, 1.807) is 7.11 Å². The second-order valence-electron chi connectivity index (χ2n) is 6.42. The van der Waals surface area contributed by atoms with Crippen LogP contribution in [-0.2, 0) is 11.2 Å². The smallest absolute Gasteiger partial charge is 0.225 e. The minimum Gasteiger partial charge on any atom is -0.496 e. The number of rotatable bonds is 6. The number of ether oxygens (including phenoxy) is 1. The van der Waals surface area contributed by atoms with Crippen LogP contribution in [-0.4, -0.2) is 23.0 Å². The van der Waals surface area contributed by atoms with E-state index in [0.717, 1.165) is 28.2 Å². The quantitative estimate of drug-likeness (QED) is 0.722. The van der Waals surface area contributed by atoms with Crippen molar-refractivity contribution in [2.75, 3.05) is 7.11 Å². The van der Waals surface area contributed by atoms with Crippen molar-refractivity contribution in [1.29, 1.82) is 0 Å². The van der Waals surface area contributed by atoms with E-state index in [1.807, 2.05) is 48.5 Å². The molecule has 0 aliphatic carbocycles. The number of benzene rings is 2. The monoisotopic (exact) mass is 337 g/mol. The van der Waals surface area contributed by atoms with E-state index >= 15 is 0 Å². The minimum absolute atomic E-state index is 0.0522. The molecule has 0 saturated heterocycles. The van der Waals surface area contributed by atoms with Crippen molar-refractivity contribution in [3.8, 4) is 5.75 Å². The van der Waals surface area contributed by atoms with Gasteiger partial charge >= 0.3 is 0 Å². The lowest BCUT2D eigenvalue weighted by Gasteiger charge is -2.20. The first kappa shape index (κ1) is 17.0. The molecule has 0 radical (unpaired) electrons. The maximum absolute atomic E-state index is 12.6. The topological polar surface area (TPSA) is 67.0 Å². The lowest BCUT2D eigenvalue weighted by Crippen LogP contribution is -2.33. The van der Waals surface area contributed by atoms with Gasteiger partial charge in [0.1, 0.15) is 11.6 Å². The number of para-hydroxylation sites is 3. The molecule has 0 aliphatic heterocycles. The van der Waals surface area contributed by atoms with Gasteiger partial charge < -0.3 is 15.0 Å². The molecule has 3 aromatic rings. The normalized spacial score (nSPS) is 12.3. The van der Waals surface area contributed by atoms with Gasteiger partial charge in [-0.3, -0.25) is 4.79 Å². The summed E-state index contributed by atoms with van der Waals surface area (Å²) < 4.78 is 5.32. The van der Waals surface area contributed by atoms with Gasteiger partial charge in [0.05, 0.1) is 30.6 Å². The molecule has 0 saturated carbocycles. The average Bonchev–Trinajstić information content (AvgIpc) is 3.03. The van der Waals surface area contributed by atoms with Crippen LogP contribution in [0.3, 0.4) is 0 Å². The molecule has 130 valence electrons. The van der Waals surface area contributed by atoms with Gasteiger partial charge in [0.25, 0.3) is 0 Å². The van der Waals surface area contributed by atoms with Crippen LogP contribution >= 0.6 is 0 Å². The molecule has 0 unspecified atom stereocenters. The van der Waals surface area contributed by atoms with Crippen LogP contribution in [0.5, 0.6) is 5.75 Å². The fourth-order valence-corrected chi connectivity index (χ4v) is 2.92. The van der Waals surface area contributed by atoms with Gasteiger partial charge in [-0.05, 0) is 24.1 Å². The van der Waals surface area contributed by atoms with Gasteiger partial charge in [-0.25, -0.2) is 4.98 Å². The van der Waals surface area contributed by atoms with Crippen LogP contribution < -0.4 is 10.1 Å². The molecule has 0 spiro atoms. The maximum atomic E-state index is 12.6. The summed E-state index contributed by atoms with van der Waals surface area (Å²) in [5.41, 5.74) is 2.75. The maximum Gasteiger partial charge on any atom is 0.225 e. The average molecular weight is 337 g/mol.